The van der Waals surface area contributed by atoms with Gasteiger partial charge in [-0.1, -0.05) is 25.0 Å². The van der Waals surface area contributed by atoms with Crippen molar-refractivity contribution in [2.75, 3.05) is 7.11 Å². The number of benzene rings is 1. The van der Waals surface area contributed by atoms with E-state index in [-0.39, 0.29) is 17.8 Å². The molecule has 0 bridgehead atoms. The molecule has 0 spiro atoms. The maximum atomic E-state index is 13.0. The Morgan fingerprint density at radius 1 is 1.21 bits per heavy atom. The van der Waals surface area contributed by atoms with Gasteiger partial charge in [0.1, 0.15) is 11.4 Å². The Bertz CT molecular complexity index is 979. The number of aromatic nitrogens is 2. The van der Waals surface area contributed by atoms with Gasteiger partial charge >= 0.3 is 0 Å². The first kappa shape index (κ1) is 18.7. The van der Waals surface area contributed by atoms with E-state index in [1.807, 2.05) is 36.4 Å². The van der Waals surface area contributed by atoms with Gasteiger partial charge in [-0.3, -0.25) is 4.79 Å². The molecule has 4 rings (SSSR count). The predicted octanol–water partition coefficient (Wildman–Crippen LogP) is 4.06. The number of carbonyl (C=O) groups excluding carboxylic acids is 1. The zero-order valence-corrected chi connectivity index (χ0v) is 16.2. The van der Waals surface area contributed by atoms with Crippen molar-refractivity contribution >= 4 is 11.3 Å². The Hall–Kier alpha value is -2.66. The predicted molar refractivity (Wildman–Crippen MR) is 108 cm³/mol. The summed E-state index contributed by atoms with van der Waals surface area (Å²) < 4.78 is 7.07. The van der Waals surface area contributed by atoms with Crippen molar-refractivity contribution in [3.05, 3.63) is 65.5 Å². The van der Waals surface area contributed by atoms with Crippen LogP contribution in [0.2, 0.25) is 0 Å². The van der Waals surface area contributed by atoms with E-state index in [0.717, 1.165) is 48.1 Å². The first-order valence-corrected chi connectivity index (χ1v) is 9.95. The van der Waals surface area contributed by atoms with Gasteiger partial charge in [0.05, 0.1) is 18.7 Å². The molecule has 1 aromatic carbocycles. The average molecular weight is 378 g/mol. The van der Waals surface area contributed by atoms with Crippen molar-refractivity contribution in [2.45, 2.75) is 44.6 Å². The summed E-state index contributed by atoms with van der Waals surface area (Å²) >= 11 is 0. The zero-order valence-electron chi connectivity index (χ0n) is 16.2. The van der Waals surface area contributed by atoms with Gasteiger partial charge in [0.15, 0.2) is 5.78 Å². The lowest BCUT2D eigenvalue weighted by Gasteiger charge is -2.26. The molecule has 0 saturated heterocycles. The van der Waals surface area contributed by atoms with Gasteiger partial charge in [0, 0.05) is 12.6 Å². The van der Waals surface area contributed by atoms with Gasteiger partial charge in [-0.2, -0.15) is 5.10 Å². The van der Waals surface area contributed by atoms with Crippen LogP contribution >= 0.6 is 0 Å². The lowest BCUT2D eigenvalue weighted by Crippen LogP contribution is -2.27. The van der Waals surface area contributed by atoms with Gasteiger partial charge in [-0.05, 0) is 66.6 Å². The van der Waals surface area contributed by atoms with Gasteiger partial charge < -0.3 is 9.84 Å². The molecule has 1 aliphatic rings. The molecule has 0 aliphatic heterocycles. The van der Waals surface area contributed by atoms with Crippen LogP contribution in [0.1, 0.15) is 53.7 Å². The van der Waals surface area contributed by atoms with Crippen LogP contribution in [0.25, 0.3) is 5.52 Å². The molecule has 3 aromatic rings. The van der Waals surface area contributed by atoms with E-state index in [0.29, 0.717) is 18.5 Å². The third-order valence-corrected chi connectivity index (χ3v) is 5.75. The monoisotopic (exact) mass is 378 g/mol. The normalized spacial score (nSPS) is 19.6. The molecule has 2 atom stereocenters. The van der Waals surface area contributed by atoms with Crippen molar-refractivity contribution < 1.29 is 14.6 Å². The minimum atomic E-state index is -0.367. The molecule has 146 valence electrons. The molecule has 28 heavy (non-hydrogen) atoms. The first-order valence-electron chi connectivity index (χ1n) is 9.95. The van der Waals surface area contributed by atoms with E-state index in [1.54, 1.807) is 17.8 Å². The van der Waals surface area contributed by atoms with Crippen LogP contribution < -0.4 is 4.74 Å². The van der Waals surface area contributed by atoms with Crippen molar-refractivity contribution in [1.29, 1.82) is 0 Å². The first-order chi connectivity index (χ1) is 13.7. The number of hydrogen-bond donors (Lipinski definition) is 1. The number of methoxy groups -OCH3 is 1. The Labute approximate surface area is 165 Å². The molecule has 0 radical (unpaired) electrons. The highest BCUT2D eigenvalue weighted by atomic mass is 16.5. The number of rotatable bonds is 6. The van der Waals surface area contributed by atoms with Crippen LogP contribution in [0, 0.1) is 5.92 Å². The molecule has 0 amide bonds. The minimum absolute atomic E-state index is 0.0524. The number of nitrogens with zero attached hydrogens (tertiary/aromatic N) is 2. The summed E-state index contributed by atoms with van der Waals surface area (Å²) in [5.41, 5.74) is 3.73. The summed E-state index contributed by atoms with van der Waals surface area (Å²) in [5.74, 6) is 0.926. The van der Waals surface area contributed by atoms with Crippen LogP contribution in [0.4, 0.5) is 0 Å². The maximum absolute atomic E-state index is 13.0. The highest BCUT2D eigenvalue weighted by molar-refractivity contribution is 5.96. The molecule has 5 nitrogen and oxygen atoms in total. The summed E-state index contributed by atoms with van der Waals surface area (Å²) in [6, 6.07) is 13.8. The SMILES string of the molecule is COc1cccc(Cc2cc(C(=O)C[C@H]3CCCC[C@@H]3O)n3ncccc23)c1. The Morgan fingerprint density at radius 2 is 2.07 bits per heavy atom. The lowest BCUT2D eigenvalue weighted by atomic mass is 9.83. The molecular formula is C23H26N2O3. The lowest BCUT2D eigenvalue weighted by molar-refractivity contribution is 0.0580. The topological polar surface area (TPSA) is 63.8 Å². The number of aliphatic hydroxyl groups is 1. The fourth-order valence-electron chi connectivity index (χ4n) is 4.22. The van der Waals surface area contributed by atoms with Crippen molar-refractivity contribution in [1.82, 2.24) is 9.61 Å². The van der Waals surface area contributed by atoms with Crippen molar-refractivity contribution in [2.24, 2.45) is 5.92 Å². The van der Waals surface area contributed by atoms with E-state index >= 15 is 0 Å². The standard InChI is InChI=1S/C23H26N2O3/c1-28-19-8-4-6-16(13-19)12-18-14-21(25-20(18)9-5-11-24-25)23(27)15-17-7-2-3-10-22(17)26/h4-6,8-9,11,13-14,17,22,26H,2-3,7,10,12,15H2,1H3/t17-,22+/m1/s1. The summed E-state index contributed by atoms with van der Waals surface area (Å²) in [6.07, 6.45) is 6.26. The Balaban J connectivity index is 1.63. The molecule has 1 fully saturated rings. The van der Waals surface area contributed by atoms with Crippen LogP contribution in [-0.4, -0.2) is 33.7 Å². The van der Waals surface area contributed by atoms with E-state index in [1.165, 1.54) is 0 Å². The van der Waals surface area contributed by atoms with Crippen LogP contribution in [-0.2, 0) is 6.42 Å². The number of hydrogen-bond acceptors (Lipinski definition) is 4. The van der Waals surface area contributed by atoms with Crippen LogP contribution in [0.5, 0.6) is 5.75 Å². The summed E-state index contributed by atoms with van der Waals surface area (Å²) in [5, 5.41) is 14.7. The van der Waals surface area contributed by atoms with E-state index in [2.05, 4.69) is 11.2 Å². The quantitative estimate of drug-likeness (QED) is 0.657. The molecule has 1 aliphatic carbocycles. The molecule has 5 heteroatoms. The number of carbonyl (C=O) groups is 1. The van der Waals surface area contributed by atoms with Crippen LogP contribution in [0.15, 0.2) is 48.7 Å². The largest absolute Gasteiger partial charge is 0.497 e. The fraction of sp³-hybridized carbons (Fsp3) is 0.391. The second-order valence-corrected chi connectivity index (χ2v) is 7.64. The summed E-state index contributed by atoms with van der Waals surface area (Å²) in [6.45, 7) is 0. The average Bonchev–Trinajstić information content (AvgIpc) is 3.08. The number of Topliss-reactive ketones (excluding diaryl/α,β-unsaturated/α-hetero) is 1. The number of ketones is 1. The minimum Gasteiger partial charge on any atom is -0.497 e. The van der Waals surface area contributed by atoms with E-state index < -0.39 is 0 Å². The Kier molecular flexibility index (Phi) is 5.44. The molecule has 2 heterocycles. The van der Waals surface area contributed by atoms with Gasteiger partial charge in [0.25, 0.3) is 0 Å². The summed E-state index contributed by atoms with van der Waals surface area (Å²) in [7, 11) is 1.66. The van der Waals surface area contributed by atoms with Gasteiger partial charge in [-0.15, -0.1) is 0 Å². The highest BCUT2D eigenvalue weighted by Crippen LogP contribution is 2.29. The molecule has 0 unspecified atom stereocenters. The number of ether oxygens (including phenoxy) is 1. The maximum Gasteiger partial charge on any atom is 0.181 e. The zero-order chi connectivity index (χ0) is 19.5. The van der Waals surface area contributed by atoms with Crippen molar-refractivity contribution in [3.63, 3.8) is 0 Å². The second-order valence-electron chi connectivity index (χ2n) is 7.64. The van der Waals surface area contributed by atoms with Crippen molar-refractivity contribution in [3.8, 4) is 5.75 Å². The van der Waals surface area contributed by atoms with E-state index in [4.69, 9.17) is 4.74 Å². The number of aliphatic hydroxyl groups excluding tert-OH is 1. The molecule has 1 saturated carbocycles. The molecular weight excluding hydrogens is 352 g/mol. The van der Waals surface area contributed by atoms with Gasteiger partial charge in [0.2, 0.25) is 0 Å². The highest BCUT2D eigenvalue weighted by Gasteiger charge is 2.27. The number of fused-ring (bicyclic) bond motifs is 1. The Morgan fingerprint density at radius 3 is 2.89 bits per heavy atom. The molecule has 1 N–H and O–H groups in total. The third-order valence-electron chi connectivity index (χ3n) is 5.75. The van der Waals surface area contributed by atoms with E-state index in [9.17, 15) is 9.90 Å². The molecule has 2 aromatic heterocycles. The van der Waals surface area contributed by atoms with Gasteiger partial charge in [-0.25, -0.2) is 4.52 Å². The van der Waals surface area contributed by atoms with Crippen LogP contribution in [0.3, 0.4) is 0 Å². The fourth-order valence-corrected chi connectivity index (χ4v) is 4.22. The third kappa shape index (κ3) is 3.80. The second kappa shape index (κ2) is 8.15. The summed E-state index contributed by atoms with van der Waals surface area (Å²) in [4.78, 5) is 13.0. The smallest absolute Gasteiger partial charge is 0.181 e.